The number of fused-ring (bicyclic) bond motifs is 1. The van der Waals surface area contributed by atoms with Crippen LogP contribution < -0.4 is 9.47 Å². The molecule has 10 heteroatoms. The number of alkyl halides is 2. The Labute approximate surface area is 254 Å². The average molecular weight is 609 g/mol. The Morgan fingerprint density at radius 2 is 1.86 bits per heavy atom. The number of carbonyl (C=O) groups is 1. The van der Waals surface area contributed by atoms with Crippen molar-refractivity contribution in [3.63, 3.8) is 0 Å². The molecule has 0 radical (unpaired) electrons. The third-order valence-corrected chi connectivity index (χ3v) is 7.30. The number of rotatable bonds is 14. The van der Waals surface area contributed by atoms with Crippen LogP contribution in [0.3, 0.4) is 0 Å². The van der Waals surface area contributed by atoms with Crippen LogP contribution in [0.2, 0.25) is 0 Å². The number of halogens is 3. The van der Waals surface area contributed by atoms with Crippen LogP contribution in [0.25, 0.3) is 22.0 Å². The van der Waals surface area contributed by atoms with Gasteiger partial charge in [0.25, 0.3) is 6.43 Å². The van der Waals surface area contributed by atoms with E-state index < -0.39 is 17.7 Å². The molecule has 1 aliphatic rings. The molecular formula is C34H35F3N2O5. The van der Waals surface area contributed by atoms with Gasteiger partial charge in [-0.3, -0.25) is 9.78 Å². The Kier molecular flexibility index (Phi) is 10.3. The highest BCUT2D eigenvalue weighted by Gasteiger charge is 2.37. The van der Waals surface area contributed by atoms with E-state index in [1.807, 2.05) is 6.07 Å². The average Bonchev–Trinajstić information content (AvgIpc) is 2.97. The minimum Gasteiger partial charge on any atom is -0.493 e. The largest absolute Gasteiger partial charge is 0.493 e. The highest BCUT2D eigenvalue weighted by Crippen LogP contribution is 2.39. The summed E-state index contributed by atoms with van der Waals surface area (Å²) >= 11 is 0. The van der Waals surface area contributed by atoms with Crippen molar-refractivity contribution in [1.29, 1.82) is 5.41 Å². The first-order valence-corrected chi connectivity index (χ1v) is 14.1. The fourth-order valence-electron chi connectivity index (χ4n) is 4.63. The standard InChI is InChI=1S/C34H35F3N2O5/c1-20-11-21(13-32(44-20)34(2,3)33(36)37)12-27(41)15-23-6-5-22(16-28(23)35)25-14-24-17-30(42-4)31(18-29(24)39-19-25)43-10-8-26(38)7-9-40/h5-6,11,13-14,16-19,33,38,40H,1,7-10,12,15H2,2-4H3. The van der Waals surface area contributed by atoms with Gasteiger partial charge < -0.3 is 24.7 Å². The normalized spacial score (nSPS) is 13.4. The van der Waals surface area contributed by atoms with Gasteiger partial charge in [-0.05, 0) is 60.9 Å². The number of aliphatic hydroxyl groups excluding tert-OH is 1. The van der Waals surface area contributed by atoms with Gasteiger partial charge in [0, 0.05) is 61.2 Å². The van der Waals surface area contributed by atoms with Gasteiger partial charge >= 0.3 is 0 Å². The number of hydrogen-bond acceptors (Lipinski definition) is 7. The molecule has 44 heavy (non-hydrogen) atoms. The van der Waals surface area contributed by atoms with E-state index in [9.17, 15) is 13.6 Å². The predicted molar refractivity (Wildman–Crippen MR) is 163 cm³/mol. The molecule has 1 aromatic heterocycles. The monoisotopic (exact) mass is 608 g/mol. The fraction of sp³-hybridized carbons (Fsp3) is 0.324. The van der Waals surface area contributed by atoms with Crippen molar-refractivity contribution < 1.29 is 37.3 Å². The molecule has 2 aromatic carbocycles. The Hall–Kier alpha value is -4.44. The number of ketones is 1. The highest BCUT2D eigenvalue weighted by atomic mass is 19.3. The number of pyridine rings is 1. The molecule has 232 valence electrons. The lowest BCUT2D eigenvalue weighted by Crippen LogP contribution is -2.27. The molecule has 2 N–H and O–H groups in total. The van der Waals surface area contributed by atoms with Crippen LogP contribution in [-0.4, -0.2) is 48.3 Å². The van der Waals surface area contributed by atoms with E-state index >= 15 is 4.39 Å². The van der Waals surface area contributed by atoms with Crippen molar-refractivity contribution in [3.05, 3.63) is 89.8 Å². The van der Waals surface area contributed by atoms with Crippen molar-refractivity contribution >= 4 is 22.4 Å². The minimum absolute atomic E-state index is 0.0272. The molecule has 0 unspecified atom stereocenters. The lowest BCUT2D eigenvalue weighted by molar-refractivity contribution is -0.117. The molecule has 0 spiro atoms. The van der Waals surface area contributed by atoms with Crippen molar-refractivity contribution in [2.75, 3.05) is 20.3 Å². The Morgan fingerprint density at radius 1 is 1.09 bits per heavy atom. The third-order valence-electron chi connectivity index (χ3n) is 7.30. The summed E-state index contributed by atoms with van der Waals surface area (Å²) in [6, 6.07) is 9.96. The molecule has 1 aliphatic heterocycles. The molecular weight excluding hydrogens is 573 g/mol. The van der Waals surface area contributed by atoms with Crippen molar-refractivity contribution in [2.24, 2.45) is 5.41 Å². The number of ether oxygens (including phenoxy) is 3. The zero-order chi connectivity index (χ0) is 32.0. The second-order valence-corrected chi connectivity index (χ2v) is 11.1. The first-order chi connectivity index (χ1) is 20.9. The van der Waals surface area contributed by atoms with Crippen LogP contribution >= 0.6 is 0 Å². The van der Waals surface area contributed by atoms with Crippen LogP contribution in [-0.2, 0) is 16.0 Å². The number of Topliss-reactive ketones (excluding diaryl/α,β-unsaturated/α-hetero) is 1. The number of carbonyl (C=O) groups excluding carboxylic acids is 1. The van der Waals surface area contributed by atoms with Crippen molar-refractivity contribution in [1.82, 2.24) is 4.98 Å². The first kappa shape index (κ1) is 32.5. The Bertz CT molecular complexity index is 1650. The maximum absolute atomic E-state index is 15.2. The number of benzene rings is 2. The molecule has 0 saturated heterocycles. The summed E-state index contributed by atoms with van der Waals surface area (Å²) in [5.41, 5.74) is 1.39. The number of nitrogens with zero attached hydrogens (tertiary/aromatic N) is 1. The predicted octanol–water partition coefficient (Wildman–Crippen LogP) is 7.37. The summed E-state index contributed by atoms with van der Waals surface area (Å²) in [4.78, 5) is 17.3. The van der Waals surface area contributed by atoms with Gasteiger partial charge in [0.15, 0.2) is 11.5 Å². The lowest BCUT2D eigenvalue weighted by atomic mass is 9.88. The van der Waals surface area contributed by atoms with E-state index in [-0.39, 0.29) is 48.9 Å². The number of nitrogens with one attached hydrogen (secondary N) is 1. The molecule has 0 fully saturated rings. The van der Waals surface area contributed by atoms with Crippen LogP contribution in [0.15, 0.2) is 78.4 Å². The minimum atomic E-state index is -2.68. The van der Waals surface area contributed by atoms with Crippen LogP contribution in [0.1, 0.15) is 38.7 Å². The van der Waals surface area contributed by atoms with E-state index in [4.69, 9.17) is 24.7 Å². The van der Waals surface area contributed by atoms with Gasteiger partial charge in [0.05, 0.1) is 24.6 Å². The van der Waals surface area contributed by atoms with Crippen LogP contribution in [0, 0.1) is 16.6 Å². The van der Waals surface area contributed by atoms with Crippen molar-refractivity contribution in [3.8, 4) is 22.6 Å². The molecule has 0 aliphatic carbocycles. The molecule has 0 amide bonds. The highest BCUT2D eigenvalue weighted by molar-refractivity contribution is 5.87. The number of aliphatic hydroxyl groups is 1. The summed E-state index contributed by atoms with van der Waals surface area (Å²) in [6.07, 6.45) is 2.31. The fourth-order valence-corrected chi connectivity index (χ4v) is 4.63. The quantitative estimate of drug-likeness (QED) is 0.185. The molecule has 0 saturated carbocycles. The summed E-state index contributed by atoms with van der Waals surface area (Å²) in [5, 5.41) is 17.5. The molecule has 2 heterocycles. The molecule has 0 atom stereocenters. The number of aromatic nitrogens is 1. The molecule has 4 rings (SSSR count). The van der Waals surface area contributed by atoms with Gasteiger partial charge in [-0.1, -0.05) is 18.7 Å². The summed E-state index contributed by atoms with van der Waals surface area (Å²) in [5.74, 6) is 0.306. The van der Waals surface area contributed by atoms with Crippen LogP contribution in [0.4, 0.5) is 13.2 Å². The summed E-state index contributed by atoms with van der Waals surface area (Å²) < 4.78 is 58.9. The number of allylic oxidation sites excluding steroid dienone is 4. The van der Waals surface area contributed by atoms with Gasteiger partial charge in [-0.2, -0.15) is 0 Å². The third kappa shape index (κ3) is 7.74. The van der Waals surface area contributed by atoms with Crippen molar-refractivity contribution in [2.45, 2.75) is 46.0 Å². The van der Waals surface area contributed by atoms with Gasteiger partial charge in [0.2, 0.25) is 0 Å². The molecule has 3 aromatic rings. The Morgan fingerprint density at radius 3 is 2.55 bits per heavy atom. The second kappa shape index (κ2) is 13.9. The number of hydrogen-bond donors (Lipinski definition) is 2. The second-order valence-electron chi connectivity index (χ2n) is 11.1. The van der Waals surface area contributed by atoms with Gasteiger partial charge in [0.1, 0.15) is 23.1 Å². The number of methoxy groups -OCH3 is 1. The molecule has 7 nitrogen and oxygen atoms in total. The zero-order valence-electron chi connectivity index (χ0n) is 24.9. The van der Waals surface area contributed by atoms with Gasteiger partial charge in [-0.15, -0.1) is 0 Å². The SMILES string of the molecule is C=C1C=C(CC(=O)Cc2ccc(-c3cnc4cc(OCCC(=N)CCO)c(OC)cc4c3)cc2F)C=C(C(C)(C)C(F)F)O1. The van der Waals surface area contributed by atoms with E-state index in [0.717, 1.165) is 5.39 Å². The summed E-state index contributed by atoms with van der Waals surface area (Å²) in [7, 11) is 1.52. The first-order valence-electron chi connectivity index (χ1n) is 14.1. The van der Waals surface area contributed by atoms with E-state index in [2.05, 4.69) is 11.6 Å². The van der Waals surface area contributed by atoms with E-state index in [1.54, 1.807) is 30.5 Å². The topological polar surface area (TPSA) is 102 Å². The zero-order valence-corrected chi connectivity index (χ0v) is 24.9. The summed E-state index contributed by atoms with van der Waals surface area (Å²) in [6.45, 7) is 6.58. The van der Waals surface area contributed by atoms with E-state index in [1.165, 1.54) is 39.2 Å². The Balaban J connectivity index is 1.47. The maximum Gasteiger partial charge on any atom is 0.250 e. The molecule has 0 bridgehead atoms. The maximum atomic E-state index is 15.2. The van der Waals surface area contributed by atoms with E-state index in [0.29, 0.717) is 52.3 Å². The van der Waals surface area contributed by atoms with Crippen LogP contribution in [0.5, 0.6) is 11.5 Å². The lowest BCUT2D eigenvalue weighted by Gasteiger charge is -2.29. The van der Waals surface area contributed by atoms with Gasteiger partial charge in [-0.25, -0.2) is 13.2 Å². The smallest absolute Gasteiger partial charge is 0.250 e.